The van der Waals surface area contributed by atoms with Gasteiger partial charge in [0.2, 0.25) is 10.0 Å². The molecule has 0 aromatic heterocycles. The van der Waals surface area contributed by atoms with Crippen molar-refractivity contribution >= 4 is 21.7 Å². The van der Waals surface area contributed by atoms with Crippen LogP contribution in [0.5, 0.6) is 0 Å². The number of carbonyl (C=O) groups excluding carboxylic acids is 1. The lowest BCUT2D eigenvalue weighted by Crippen LogP contribution is -2.40. The Morgan fingerprint density at radius 2 is 1.95 bits per heavy atom. The minimum atomic E-state index is -3.56. The first-order valence-corrected chi connectivity index (χ1v) is 8.24. The Morgan fingerprint density at radius 3 is 2.48 bits per heavy atom. The summed E-state index contributed by atoms with van der Waals surface area (Å²) in [5.74, 6) is -0.490. The topological polar surface area (TPSA) is 89.7 Å². The summed E-state index contributed by atoms with van der Waals surface area (Å²) in [6, 6.07) is 4.74. The van der Waals surface area contributed by atoms with E-state index in [2.05, 4.69) is 0 Å². The lowest BCUT2D eigenvalue weighted by atomic mass is 9.99. The van der Waals surface area contributed by atoms with E-state index in [0.717, 1.165) is 5.56 Å². The van der Waals surface area contributed by atoms with Crippen LogP contribution in [0.1, 0.15) is 18.4 Å². The standard InChI is InChI=1S/C14H20N2O4S/c1-10-3-4-12(9-13(10)15)21(18,19)16-7-5-11(6-8-16)14(17)20-2/h3-4,9,11H,5-8,15H2,1-2H3. The van der Waals surface area contributed by atoms with E-state index in [1.807, 2.05) is 6.92 Å². The second-order valence-electron chi connectivity index (χ2n) is 5.22. The number of aryl methyl sites for hydroxylation is 1. The fourth-order valence-corrected chi connectivity index (χ4v) is 3.93. The number of nitrogens with zero attached hydrogens (tertiary/aromatic N) is 1. The van der Waals surface area contributed by atoms with Crippen LogP contribution in [-0.4, -0.2) is 38.9 Å². The number of benzene rings is 1. The molecule has 1 aromatic carbocycles. The van der Waals surface area contributed by atoms with Crippen molar-refractivity contribution in [2.24, 2.45) is 5.92 Å². The van der Waals surface area contributed by atoms with E-state index in [9.17, 15) is 13.2 Å². The summed E-state index contributed by atoms with van der Waals surface area (Å²) in [6.07, 6.45) is 0.959. The first-order chi connectivity index (χ1) is 9.86. The molecular weight excluding hydrogens is 292 g/mol. The van der Waals surface area contributed by atoms with Gasteiger partial charge in [-0.3, -0.25) is 4.79 Å². The second-order valence-corrected chi connectivity index (χ2v) is 7.16. The van der Waals surface area contributed by atoms with Gasteiger partial charge in [0, 0.05) is 18.8 Å². The molecule has 7 heteroatoms. The molecule has 0 bridgehead atoms. The van der Waals surface area contributed by atoms with E-state index < -0.39 is 10.0 Å². The number of esters is 1. The number of nitrogen functional groups attached to an aromatic ring is 1. The average Bonchev–Trinajstić information content (AvgIpc) is 2.49. The van der Waals surface area contributed by atoms with Crippen molar-refractivity contribution in [1.29, 1.82) is 0 Å². The van der Waals surface area contributed by atoms with Crippen LogP contribution in [0.15, 0.2) is 23.1 Å². The lowest BCUT2D eigenvalue weighted by Gasteiger charge is -2.30. The summed E-state index contributed by atoms with van der Waals surface area (Å²) in [6.45, 7) is 2.46. The van der Waals surface area contributed by atoms with Gasteiger partial charge in [-0.05, 0) is 37.5 Å². The average molecular weight is 312 g/mol. The van der Waals surface area contributed by atoms with Gasteiger partial charge < -0.3 is 10.5 Å². The zero-order chi connectivity index (χ0) is 15.6. The molecule has 1 aliphatic heterocycles. The predicted molar refractivity (Wildman–Crippen MR) is 79.1 cm³/mol. The Labute approximate surface area is 124 Å². The van der Waals surface area contributed by atoms with Crippen molar-refractivity contribution < 1.29 is 17.9 Å². The van der Waals surface area contributed by atoms with Gasteiger partial charge in [0.15, 0.2) is 0 Å². The van der Waals surface area contributed by atoms with E-state index in [0.29, 0.717) is 31.6 Å². The molecule has 1 aromatic rings. The molecular formula is C14H20N2O4S. The van der Waals surface area contributed by atoms with Gasteiger partial charge in [-0.25, -0.2) is 8.42 Å². The second kappa shape index (κ2) is 6.03. The molecule has 0 atom stereocenters. The molecule has 1 heterocycles. The Balaban J connectivity index is 2.14. The van der Waals surface area contributed by atoms with E-state index in [1.165, 1.54) is 17.5 Å². The van der Waals surface area contributed by atoms with Crippen LogP contribution in [0.25, 0.3) is 0 Å². The third kappa shape index (κ3) is 3.19. The summed E-state index contributed by atoms with van der Waals surface area (Å²) in [7, 11) is -2.21. The van der Waals surface area contributed by atoms with E-state index in [4.69, 9.17) is 10.5 Å². The summed E-state index contributed by atoms with van der Waals surface area (Å²) in [5, 5.41) is 0. The highest BCUT2D eigenvalue weighted by Crippen LogP contribution is 2.26. The van der Waals surface area contributed by atoms with Crippen molar-refractivity contribution in [2.45, 2.75) is 24.7 Å². The number of carbonyl (C=O) groups is 1. The SMILES string of the molecule is COC(=O)C1CCN(S(=O)(=O)c2ccc(C)c(N)c2)CC1. The fraction of sp³-hybridized carbons (Fsp3) is 0.500. The Morgan fingerprint density at radius 1 is 1.33 bits per heavy atom. The molecule has 1 aliphatic rings. The van der Waals surface area contributed by atoms with Crippen LogP contribution >= 0.6 is 0 Å². The molecule has 0 saturated carbocycles. The van der Waals surface area contributed by atoms with Gasteiger partial charge in [-0.2, -0.15) is 4.31 Å². The molecule has 0 aliphatic carbocycles. The molecule has 0 unspecified atom stereocenters. The van der Waals surface area contributed by atoms with Gasteiger partial charge in [0.1, 0.15) is 0 Å². The van der Waals surface area contributed by atoms with Gasteiger partial charge >= 0.3 is 5.97 Å². The van der Waals surface area contributed by atoms with Crippen LogP contribution < -0.4 is 5.73 Å². The number of nitrogens with two attached hydrogens (primary N) is 1. The lowest BCUT2D eigenvalue weighted by molar-refractivity contribution is -0.146. The number of sulfonamides is 1. The number of hydrogen-bond donors (Lipinski definition) is 1. The molecule has 6 nitrogen and oxygen atoms in total. The number of rotatable bonds is 3. The van der Waals surface area contributed by atoms with E-state index in [-0.39, 0.29) is 16.8 Å². The molecule has 0 spiro atoms. The number of methoxy groups -OCH3 is 1. The van der Waals surface area contributed by atoms with Crippen molar-refractivity contribution in [3.63, 3.8) is 0 Å². The molecule has 1 fully saturated rings. The third-order valence-corrected chi connectivity index (χ3v) is 5.77. The fourth-order valence-electron chi connectivity index (χ4n) is 2.43. The van der Waals surface area contributed by atoms with E-state index >= 15 is 0 Å². The largest absolute Gasteiger partial charge is 0.469 e. The smallest absolute Gasteiger partial charge is 0.308 e. The van der Waals surface area contributed by atoms with Gasteiger partial charge in [-0.15, -0.1) is 0 Å². The molecule has 116 valence electrons. The first kappa shape index (κ1) is 15.8. The van der Waals surface area contributed by atoms with Crippen molar-refractivity contribution in [1.82, 2.24) is 4.31 Å². The Kier molecular flexibility index (Phi) is 4.53. The minimum Gasteiger partial charge on any atom is -0.469 e. The van der Waals surface area contributed by atoms with Crippen LogP contribution in [-0.2, 0) is 19.6 Å². The summed E-state index contributed by atoms with van der Waals surface area (Å²) < 4.78 is 31.2. The third-order valence-electron chi connectivity index (χ3n) is 3.88. The molecule has 2 rings (SSSR count). The minimum absolute atomic E-state index is 0.196. The maximum absolute atomic E-state index is 12.6. The number of hydrogen-bond acceptors (Lipinski definition) is 5. The van der Waals surface area contributed by atoms with E-state index in [1.54, 1.807) is 12.1 Å². The maximum Gasteiger partial charge on any atom is 0.308 e. The molecule has 1 saturated heterocycles. The Hall–Kier alpha value is -1.60. The first-order valence-electron chi connectivity index (χ1n) is 6.80. The van der Waals surface area contributed by atoms with Gasteiger partial charge in [-0.1, -0.05) is 6.07 Å². The highest BCUT2D eigenvalue weighted by molar-refractivity contribution is 7.89. The van der Waals surface area contributed by atoms with Crippen LogP contribution in [0.2, 0.25) is 0 Å². The Bertz CT molecular complexity index is 634. The molecule has 2 N–H and O–H groups in total. The van der Waals surface area contributed by atoms with Crippen molar-refractivity contribution in [3.05, 3.63) is 23.8 Å². The highest BCUT2D eigenvalue weighted by Gasteiger charge is 2.32. The zero-order valence-corrected chi connectivity index (χ0v) is 13.0. The maximum atomic E-state index is 12.6. The molecule has 21 heavy (non-hydrogen) atoms. The number of piperidine rings is 1. The summed E-state index contributed by atoms with van der Waals surface area (Å²) >= 11 is 0. The molecule has 0 amide bonds. The van der Waals surface area contributed by atoms with Crippen molar-refractivity contribution in [2.75, 3.05) is 25.9 Å². The molecule has 0 radical (unpaired) electrons. The van der Waals surface area contributed by atoms with Crippen molar-refractivity contribution in [3.8, 4) is 0 Å². The summed E-state index contributed by atoms with van der Waals surface area (Å²) in [5.41, 5.74) is 7.09. The van der Waals surface area contributed by atoms with Crippen LogP contribution in [0, 0.1) is 12.8 Å². The number of anilines is 1. The zero-order valence-electron chi connectivity index (χ0n) is 12.2. The van der Waals surface area contributed by atoms with Gasteiger partial charge in [0.05, 0.1) is 17.9 Å². The summed E-state index contributed by atoms with van der Waals surface area (Å²) in [4.78, 5) is 11.7. The van der Waals surface area contributed by atoms with Crippen LogP contribution in [0.4, 0.5) is 5.69 Å². The predicted octanol–water partition coefficient (Wildman–Crippen LogP) is 1.15. The van der Waals surface area contributed by atoms with Gasteiger partial charge in [0.25, 0.3) is 0 Å². The quantitative estimate of drug-likeness (QED) is 0.668. The normalized spacial score (nSPS) is 17.6. The van der Waals surface area contributed by atoms with Crippen LogP contribution in [0.3, 0.4) is 0 Å². The number of ether oxygens (including phenoxy) is 1. The monoisotopic (exact) mass is 312 g/mol. The highest BCUT2D eigenvalue weighted by atomic mass is 32.2.